The summed E-state index contributed by atoms with van der Waals surface area (Å²) >= 11 is 0. The summed E-state index contributed by atoms with van der Waals surface area (Å²) in [5.41, 5.74) is -0.0661. The van der Waals surface area contributed by atoms with Crippen molar-refractivity contribution in [3.8, 4) is 11.5 Å². The average Bonchev–Trinajstić information content (AvgIpc) is 2.47. The molecule has 0 radical (unpaired) electrons. The van der Waals surface area contributed by atoms with Crippen LogP contribution in [0.4, 0.5) is 5.69 Å². The minimum Gasteiger partial charge on any atom is -0.402 e. The topological polar surface area (TPSA) is 112 Å². The maximum absolute atomic E-state index is 11.7. The van der Waals surface area contributed by atoms with Crippen LogP contribution in [0.2, 0.25) is 0 Å². The number of rotatable bonds is 2. The Hall–Kier alpha value is -3.16. The minimum absolute atomic E-state index is 0.0397. The molecule has 0 unspecified atom stereocenters. The third-order valence-electron chi connectivity index (χ3n) is 2.59. The lowest BCUT2D eigenvalue weighted by Gasteiger charge is -2.00. The molecule has 2 aromatic heterocycles. The van der Waals surface area contributed by atoms with Gasteiger partial charge >= 0.3 is 5.63 Å². The number of aromatic nitrogens is 3. The van der Waals surface area contributed by atoms with Crippen LogP contribution in [0.15, 0.2) is 45.9 Å². The summed E-state index contributed by atoms with van der Waals surface area (Å²) < 4.78 is 5.04. The van der Waals surface area contributed by atoms with Gasteiger partial charge in [0.1, 0.15) is 0 Å². The van der Waals surface area contributed by atoms with Gasteiger partial charge in [0.2, 0.25) is 5.89 Å². The summed E-state index contributed by atoms with van der Waals surface area (Å²) in [6, 6.07) is 5.51. The van der Waals surface area contributed by atoms with Gasteiger partial charge in [0, 0.05) is 30.1 Å². The molecule has 0 fully saturated rings. The standard InChI is InChI=1S/C12H6N4O4/c17-12-9-10(14-6-5-13-9)15-11(20-12)7-1-3-8(4-2-7)16(18)19/h1-6H. The number of nitro groups is 1. The Morgan fingerprint density at radius 3 is 2.50 bits per heavy atom. The highest BCUT2D eigenvalue weighted by molar-refractivity contribution is 5.69. The number of hydrogen-bond donors (Lipinski definition) is 0. The maximum Gasteiger partial charge on any atom is 0.367 e. The second kappa shape index (κ2) is 4.50. The van der Waals surface area contributed by atoms with Gasteiger partial charge in [0.05, 0.1) is 4.92 Å². The van der Waals surface area contributed by atoms with Crippen LogP contribution in [0, 0.1) is 10.1 Å². The van der Waals surface area contributed by atoms with Crippen LogP contribution in [0.5, 0.6) is 0 Å². The Morgan fingerprint density at radius 2 is 1.80 bits per heavy atom. The number of nitro benzene ring substituents is 1. The first-order valence-corrected chi connectivity index (χ1v) is 5.52. The predicted octanol–water partition coefficient (Wildman–Crippen LogP) is 1.55. The van der Waals surface area contributed by atoms with Gasteiger partial charge in [0.25, 0.3) is 5.69 Å². The first kappa shape index (κ1) is 11.9. The van der Waals surface area contributed by atoms with Crippen molar-refractivity contribution in [2.45, 2.75) is 0 Å². The highest BCUT2D eigenvalue weighted by Crippen LogP contribution is 2.20. The first-order valence-electron chi connectivity index (χ1n) is 5.52. The van der Waals surface area contributed by atoms with Gasteiger partial charge in [-0.3, -0.25) is 10.1 Å². The summed E-state index contributed by atoms with van der Waals surface area (Å²) in [6.45, 7) is 0. The molecule has 0 amide bonds. The van der Waals surface area contributed by atoms with Crippen LogP contribution in [-0.2, 0) is 0 Å². The Morgan fingerprint density at radius 1 is 1.10 bits per heavy atom. The van der Waals surface area contributed by atoms with Gasteiger partial charge in [0.15, 0.2) is 11.2 Å². The van der Waals surface area contributed by atoms with Crippen LogP contribution in [0.25, 0.3) is 22.6 Å². The van der Waals surface area contributed by atoms with Crippen molar-refractivity contribution in [3.05, 3.63) is 57.2 Å². The van der Waals surface area contributed by atoms with Crippen LogP contribution in [0.1, 0.15) is 0 Å². The highest BCUT2D eigenvalue weighted by Gasteiger charge is 2.11. The maximum atomic E-state index is 11.7. The first-order chi connectivity index (χ1) is 9.65. The van der Waals surface area contributed by atoms with Crippen molar-refractivity contribution in [3.63, 3.8) is 0 Å². The van der Waals surface area contributed by atoms with Gasteiger partial charge in [-0.05, 0) is 12.1 Å². The third-order valence-corrected chi connectivity index (χ3v) is 2.59. The van der Waals surface area contributed by atoms with E-state index in [4.69, 9.17) is 4.42 Å². The summed E-state index contributed by atoms with van der Waals surface area (Å²) in [4.78, 5) is 33.6. The zero-order valence-corrected chi connectivity index (χ0v) is 9.89. The molecule has 0 aliphatic heterocycles. The van der Waals surface area contributed by atoms with Gasteiger partial charge in [-0.1, -0.05) is 0 Å². The summed E-state index contributed by atoms with van der Waals surface area (Å²) in [7, 11) is 0. The molecule has 1 aromatic carbocycles. The molecule has 8 heteroatoms. The lowest BCUT2D eigenvalue weighted by Crippen LogP contribution is -2.05. The van der Waals surface area contributed by atoms with Gasteiger partial charge in [-0.2, -0.15) is 4.98 Å². The number of nitrogens with zero attached hydrogens (tertiary/aromatic N) is 4. The molecule has 20 heavy (non-hydrogen) atoms. The average molecular weight is 270 g/mol. The van der Waals surface area contributed by atoms with Crippen molar-refractivity contribution < 1.29 is 9.34 Å². The molecule has 0 atom stereocenters. The smallest absolute Gasteiger partial charge is 0.367 e. The Kier molecular flexibility index (Phi) is 2.68. The molecule has 3 rings (SSSR count). The molecular weight excluding hydrogens is 264 g/mol. The molecule has 0 saturated carbocycles. The zero-order valence-electron chi connectivity index (χ0n) is 9.89. The fraction of sp³-hybridized carbons (Fsp3) is 0. The highest BCUT2D eigenvalue weighted by atomic mass is 16.6. The van der Waals surface area contributed by atoms with E-state index in [-0.39, 0.29) is 22.7 Å². The lowest BCUT2D eigenvalue weighted by atomic mass is 10.2. The Bertz CT molecular complexity index is 857. The fourth-order valence-corrected chi connectivity index (χ4v) is 1.66. The van der Waals surface area contributed by atoms with E-state index in [0.29, 0.717) is 5.56 Å². The largest absolute Gasteiger partial charge is 0.402 e. The molecule has 2 heterocycles. The van der Waals surface area contributed by atoms with Crippen molar-refractivity contribution in [1.29, 1.82) is 0 Å². The van der Waals surface area contributed by atoms with E-state index in [1.165, 1.54) is 36.7 Å². The van der Waals surface area contributed by atoms with Crippen molar-refractivity contribution in [1.82, 2.24) is 15.0 Å². The third kappa shape index (κ3) is 1.99. The molecule has 0 bridgehead atoms. The normalized spacial score (nSPS) is 10.6. The summed E-state index contributed by atoms with van der Waals surface area (Å²) in [5.74, 6) is 0.0397. The predicted molar refractivity (Wildman–Crippen MR) is 68.0 cm³/mol. The van der Waals surface area contributed by atoms with Crippen LogP contribution in [-0.4, -0.2) is 19.9 Å². The monoisotopic (exact) mass is 270 g/mol. The van der Waals surface area contributed by atoms with E-state index in [1.54, 1.807) is 0 Å². The second-order valence-electron chi connectivity index (χ2n) is 3.84. The SMILES string of the molecule is O=c1oc(-c2ccc([N+](=O)[O-])cc2)nc2nccnc12. The van der Waals surface area contributed by atoms with E-state index < -0.39 is 10.5 Å². The van der Waals surface area contributed by atoms with Crippen LogP contribution < -0.4 is 5.63 Å². The van der Waals surface area contributed by atoms with Gasteiger partial charge < -0.3 is 4.42 Å². The van der Waals surface area contributed by atoms with E-state index in [9.17, 15) is 14.9 Å². The second-order valence-corrected chi connectivity index (χ2v) is 3.84. The van der Waals surface area contributed by atoms with E-state index in [0.717, 1.165) is 0 Å². The number of hydrogen-bond acceptors (Lipinski definition) is 7. The van der Waals surface area contributed by atoms with Crippen molar-refractivity contribution in [2.75, 3.05) is 0 Å². The Labute approximate surface area is 110 Å². The van der Waals surface area contributed by atoms with Crippen LogP contribution >= 0.6 is 0 Å². The summed E-state index contributed by atoms with van der Waals surface area (Å²) in [5, 5.41) is 10.6. The molecule has 3 aromatic rings. The summed E-state index contributed by atoms with van der Waals surface area (Å²) in [6.07, 6.45) is 2.78. The van der Waals surface area contributed by atoms with E-state index >= 15 is 0 Å². The lowest BCUT2D eigenvalue weighted by molar-refractivity contribution is -0.384. The van der Waals surface area contributed by atoms with Gasteiger partial charge in [-0.25, -0.2) is 14.8 Å². The quantitative estimate of drug-likeness (QED) is 0.512. The number of non-ortho nitro benzene ring substituents is 1. The van der Waals surface area contributed by atoms with Crippen LogP contribution in [0.3, 0.4) is 0 Å². The van der Waals surface area contributed by atoms with Crippen molar-refractivity contribution >= 4 is 16.9 Å². The number of benzene rings is 1. The Balaban J connectivity index is 2.14. The van der Waals surface area contributed by atoms with E-state index in [1.807, 2.05) is 0 Å². The zero-order chi connectivity index (χ0) is 14.1. The molecule has 0 N–H and O–H groups in total. The molecular formula is C12H6N4O4. The van der Waals surface area contributed by atoms with Gasteiger partial charge in [-0.15, -0.1) is 0 Å². The van der Waals surface area contributed by atoms with E-state index in [2.05, 4.69) is 15.0 Å². The molecule has 98 valence electrons. The molecule has 0 spiro atoms. The van der Waals surface area contributed by atoms with Crippen molar-refractivity contribution in [2.24, 2.45) is 0 Å². The molecule has 0 saturated heterocycles. The molecule has 0 aliphatic rings. The molecule has 8 nitrogen and oxygen atoms in total. The molecule has 0 aliphatic carbocycles. The fourth-order valence-electron chi connectivity index (χ4n) is 1.66. The minimum atomic E-state index is -0.656. The number of fused-ring (bicyclic) bond motifs is 1.